The number of hydrogen-bond acceptors (Lipinski definition) is 3. The van der Waals surface area contributed by atoms with Crippen molar-refractivity contribution >= 4 is 30.6 Å². The third-order valence-corrected chi connectivity index (χ3v) is 3.84. The lowest BCUT2D eigenvalue weighted by Crippen LogP contribution is -2.40. The summed E-state index contributed by atoms with van der Waals surface area (Å²) in [7, 11) is 0. The maximum Gasteiger partial charge on any atom is 0.327 e. The standard InChI is InChI=1S/C11H22N2OS2/c14-11(13-7-3-1-4-8-13)12-16-10-6-2-5-9-15/h15H,1-10H2,(H,12,14). The quantitative estimate of drug-likeness (QED) is 0.438. The molecule has 0 aromatic carbocycles. The summed E-state index contributed by atoms with van der Waals surface area (Å²) in [6.07, 6.45) is 7.10. The van der Waals surface area contributed by atoms with Gasteiger partial charge in [0, 0.05) is 18.8 Å². The van der Waals surface area contributed by atoms with E-state index in [0.717, 1.165) is 43.9 Å². The molecule has 0 bridgehead atoms. The Kier molecular flexibility index (Phi) is 7.93. The van der Waals surface area contributed by atoms with Crippen molar-refractivity contribution in [1.82, 2.24) is 9.62 Å². The number of piperidine rings is 1. The Hall–Kier alpha value is -0.0300. The summed E-state index contributed by atoms with van der Waals surface area (Å²) in [4.78, 5) is 13.6. The van der Waals surface area contributed by atoms with Crippen LogP contribution in [-0.4, -0.2) is 35.5 Å². The molecule has 1 heterocycles. The fraction of sp³-hybridized carbons (Fsp3) is 0.909. The van der Waals surface area contributed by atoms with E-state index in [1.807, 2.05) is 4.90 Å². The second-order valence-electron chi connectivity index (χ2n) is 4.09. The summed E-state index contributed by atoms with van der Waals surface area (Å²) >= 11 is 5.70. The number of nitrogens with zero attached hydrogens (tertiary/aromatic N) is 1. The molecule has 0 spiro atoms. The van der Waals surface area contributed by atoms with Crippen LogP contribution in [0.5, 0.6) is 0 Å². The molecule has 1 fully saturated rings. The van der Waals surface area contributed by atoms with Crippen molar-refractivity contribution in [2.75, 3.05) is 24.6 Å². The van der Waals surface area contributed by atoms with Gasteiger partial charge >= 0.3 is 6.03 Å². The normalized spacial score (nSPS) is 16.2. The van der Waals surface area contributed by atoms with Gasteiger partial charge in [-0.1, -0.05) is 6.42 Å². The summed E-state index contributed by atoms with van der Waals surface area (Å²) in [5, 5.41) is 0. The molecule has 5 heteroatoms. The molecule has 2 amide bonds. The number of hydrogen-bond donors (Lipinski definition) is 2. The summed E-state index contributed by atoms with van der Waals surface area (Å²) in [5.41, 5.74) is 0. The molecule has 3 nitrogen and oxygen atoms in total. The number of amides is 2. The third kappa shape index (κ3) is 5.89. The molecule has 1 rings (SSSR count). The second-order valence-corrected chi connectivity index (χ2v) is 5.44. The summed E-state index contributed by atoms with van der Waals surface area (Å²) < 4.78 is 2.91. The Morgan fingerprint density at radius 2 is 1.94 bits per heavy atom. The number of rotatable bonds is 6. The predicted octanol–water partition coefficient (Wildman–Crippen LogP) is 2.93. The Morgan fingerprint density at radius 3 is 2.62 bits per heavy atom. The molecule has 94 valence electrons. The highest BCUT2D eigenvalue weighted by Gasteiger charge is 2.15. The average Bonchev–Trinajstić information content (AvgIpc) is 2.34. The van der Waals surface area contributed by atoms with Crippen LogP contribution in [-0.2, 0) is 0 Å². The van der Waals surface area contributed by atoms with Gasteiger partial charge in [0.15, 0.2) is 0 Å². The smallest absolute Gasteiger partial charge is 0.324 e. The SMILES string of the molecule is O=C(NSCCCCCS)N1CCCCC1. The lowest BCUT2D eigenvalue weighted by atomic mass is 10.1. The molecule has 0 unspecified atom stereocenters. The first-order chi connectivity index (χ1) is 7.84. The maximum atomic E-state index is 11.7. The molecule has 0 atom stereocenters. The lowest BCUT2D eigenvalue weighted by Gasteiger charge is -2.26. The fourth-order valence-corrected chi connectivity index (χ4v) is 2.66. The van der Waals surface area contributed by atoms with Crippen molar-refractivity contribution in [2.45, 2.75) is 38.5 Å². The van der Waals surface area contributed by atoms with Gasteiger partial charge in [-0.25, -0.2) is 4.79 Å². The third-order valence-electron chi connectivity index (χ3n) is 2.71. The number of thiol groups is 1. The van der Waals surface area contributed by atoms with Crippen LogP contribution in [0, 0.1) is 0 Å². The van der Waals surface area contributed by atoms with Crippen LogP contribution >= 0.6 is 24.6 Å². The molecular weight excluding hydrogens is 240 g/mol. The summed E-state index contributed by atoms with van der Waals surface area (Å²) in [5.74, 6) is 1.97. The van der Waals surface area contributed by atoms with Crippen LogP contribution < -0.4 is 4.72 Å². The molecule has 0 aromatic rings. The van der Waals surface area contributed by atoms with Crippen molar-refractivity contribution < 1.29 is 4.79 Å². The first kappa shape index (κ1) is 14.0. The second kappa shape index (κ2) is 9.05. The van der Waals surface area contributed by atoms with Gasteiger partial charge in [-0.3, -0.25) is 4.72 Å². The van der Waals surface area contributed by atoms with Gasteiger partial charge in [0.2, 0.25) is 0 Å². The van der Waals surface area contributed by atoms with E-state index in [4.69, 9.17) is 0 Å². The highest BCUT2D eigenvalue weighted by atomic mass is 32.2. The molecule has 1 aliphatic rings. The zero-order chi connectivity index (χ0) is 11.6. The Labute approximate surface area is 108 Å². The number of urea groups is 1. The summed E-state index contributed by atoms with van der Waals surface area (Å²) in [6, 6.07) is 0.0962. The summed E-state index contributed by atoms with van der Waals surface area (Å²) in [6.45, 7) is 1.85. The largest absolute Gasteiger partial charge is 0.327 e. The van der Waals surface area contributed by atoms with E-state index < -0.39 is 0 Å². The highest BCUT2D eigenvalue weighted by molar-refractivity contribution is 7.97. The molecule has 1 aliphatic heterocycles. The van der Waals surface area contributed by atoms with Gasteiger partial charge in [-0.2, -0.15) is 12.6 Å². The minimum absolute atomic E-state index is 0.0962. The lowest BCUT2D eigenvalue weighted by molar-refractivity contribution is 0.193. The Morgan fingerprint density at radius 1 is 1.19 bits per heavy atom. The van der Waals surface area contributed by atoms with Crippen molar-refractivity contribution in [2.24, 2.45) is 0 Å². The van der Waals surface area contributed by atoms with E-state index in [1.165, 1.54) is 31.2 Å². The van der Waals surface area contributed by atoms with E-state index >= 15 is 0 Å². The van der Waals surface area contributed by atoms with E-state index in [-0.39, 0.29) is 6.03 Å². The zero-order valence-corrected chi connectivity index (χ0v) is 11.5. The van der Waals surface area contributed by atoms with E-state index in [9.17, 15) is 4.79 Å². The van der Waals surface area contributed by atoms with Crippen molar-refractivity contribution in [3.05, 3.63) is 0 Å². The minimum atomic E-state index is 0.0962. The predicted molar refractivity (Wildman–Crippen MR) is 74.1 cm³/mol. The topological polar surface area (TPSA) is 32.3 Å². The van der Waals surface area contributed by atoms with Crippen molar-refractivity contribution in [3.63, 3.8) is 0 Å². The van der Waals surface area contributed by atoms with Crippen LogP contribution in [0.3, 0.4) is 0 Å². The van der Waals surface area contributed by atoms with Crippen LogP contribution in [0.25, 0.3) is 0 Å². The van der Waals surface area contributed by atoms with Gasteiger partial charge in [0.25, 0.3) is 0 Å². The van der Waals surface area contributed by atoms with E-state index in [2.05, 4.69) is 17.4 Å². The van der Waals surface area contributed by atoms with Gasteiger partial charge in [0.1, 0.15) is 0 Å². The molecule has 0 saturated carbocycles. The molecule has 0 aromatic heterocycles. The van der Waals surface area contributed by atoms with Crippen LogP contribution in [0.2, 0.25) is 0 Å². The molecule has 0 aliphatic carbocycles. The van der Waals surface area contributed by atoms with Gasteiger partial charge in [-0.15, -0.1) is 0 Å². The molecular formula is C11H22N2OS2. The van der Waals surface area contributed by atoms with Gasteiger partial charge in [0.05, 0.1) is 0 Å². The van der Waals surface area contributed by atoms with Gasteiger partial charge < -0.3 is 4.90 Å². The first-order valence-corrected chi connectivity index (χ1v) is 7.74. The van der Waals surface area contributed by atoms with Crippen LogP contribution in [0.4, 0.5) is 4.79 Å². The maximum absolute atomic E-state index is 11.7. The highest BCUT2D eigenvalue weighted by Crippen LogP contribution is 2.10. The Balaban J connectivity index is 1.97. The van der Waals surface area contributed by atoms with E-state index in [0.29, 0.717) is 0 Å². The minimum Gasteiger partial charge on any atom is -0.324 e. The van der Waals surface area contributed by atoms with Crippen molar-refractivity contribution in [1.29, 1.82) is 0 Å². The average molecular weight is 262 g/mol. The monoisotopic (exact) mass is 262 g/mol. The number of carbonyl (C=O) groups is 1. The molecule has 0 radical (unpaired) electrons. The number of unbranched alkanes of at least 4 members (excludes halogenated alkanes) is 2. The Bertz CT molecular complexity index is 196. The number of likely N-dealkylation sites (tertiary alicyclic amines) is 1. The zero-order valence-electron chi connectivity index (χ0n) is 9.78. The van der Waals surface area contributed by atoms with Crippen LogP contribution in [0.1, 0.15) is 38.5 Å². The number of nitrogens with one attached hydrogen (secondary N) is 1. The van der Waals surface area contributed by atoms with Crippen LogP contribution in [0.15, 0.2) is 0 Å². The number of carbonyl (C=O) groups excluding carboxylic acids is 1. The van der Waals surface area contributed by atoms with Crippen molar-refractivity contribution in [3.8, 4) is 0 Å². The first-order valence-electron chi connectivity index (χ1n) is 6.12. The molecule has 16 heavy (non-hydrogen) atoms. The van der Waals surface area contributed by atoms with Gasteiger partial charge in [-0.05, 0) is 49.8 Å². The molecule has 1 saturated heterocycles. The fourth-order valence-electron chi connectivity index (χ4n) is 1.74. The molecule has 1 N–H and O–H groups in total. The van der Waals surface area contributed by atoms with E-state index in [1.54, 1.807) is 0 Å².